The molecule has 0 radical (unpaired) electrons. The van der Waals surface area contributed by atoms with Crippen molar-refractivity contribution in [1.29, 1.82) is 0 Å². The molecule has 2 aromatic carbocycles. The minimum Gasteiger partial charge on any atom is -0.378 e. The molecule has 2 unspecified atom stereocenters. The average molecular weight is 269 g/mol. The third kappa shape index (κ3) is 3.20. The average Bonchev–Trinajstić information content (AvgIpc) is 2.99. The first-order chi connectivity index (χ1) is 9.83. The molecule has 0 aromatic heterocycles. The van der Waals surface area contributed by atoms with Gasteiger partial charge in [-0.25, -0.2) is 0 Å². The first-order valence-electron chi connectivity index (χ1n) is 7.67. The lowest BCUT2D eigenvalue weighted by atomic mass is 9.96. The maximum absolute atomic E-state index is 6.32. The van der Waals surface area contributed by atoms with Gasteiger partial charge in [-0.15, -0.1) is 0 Å². The lowest BCUT2D eigenvalue weighted by Crippen LogP contribution is -2.24. The van der Waals surface area contributed by atoms with Gasteiger partial charge in [0.05, 0.1) is 6.10 Å². The first-order valence-corrected chi connectivity index (χ1v) is 7.67. The summed E-state index contributed by atoms with van der Waals surface area (Å²) in [4.78, 5) is 0. The van der Waals surface area contributed by atoms with E-state index in [9.17, 15) is 0 Å². The van der Waals surface area contributed by atoms with E-state index in [0.717, 1.165) is 25.9 Å². The topological polar surface area (TPSA) is 35.2 Å². The molecule has 2 nitrogen and oxygen atoms in total. The summed E-state index contributed by atoms with van der Waals surface area (Å²) in [7, 11) is 0. The highest BCUT2D eigenvalue weighted by molar-refractivity contribution is 5.85. The van der Waals surface area contributed by atoms with Crippen molar-refractivity contribution in [2.75, 3.05) is 6.61 Å². The van der Waals surface area contributed by atoms with Crippen LogP contribution in [0.25, 0.3) is 10.8 Å². The molecule has 0 bridgehead atoms. The van der Waals surface area contributed by atoms with E-state index in [1.165, 1.54) is 29.2 Å². The second kappa shape index (κ2) is 6.38. The second-order valence-electron chi connectivity index (χ2n) is 5.81. The third-order valence-electron chi connectivity index (χ3n) is 4.25. The van der Waals surface area contributed by atoms with Gasteiger partial charge in [0.15, 0.2) is 0 Å². The van der Waals surface area contributed by atoms with Crippen molar-refractivity contribution in [3.8, 4) is 0 Å². The van der Waals surface area contributed by atoms with Gasteiger partial charge in [0.25, 0.3) is 0 Å². The Labute approximate surface area is 120 Å². The standard InChI is InChI=1S/C18H23NO/c19-16(10-11-17-8-4-12-20-17)13-15-7-3-6-14-5-1-2-9-18(14)15/h1-3,5-7,9,16-17H,4,8,10-13,19H2. The zero-order valence-electron chi connectivity index (χ0n) is 11.9. The summed E-state index contributed by atoms with van der Waals surface area (Å²) in [5.74, 6) is 0. The summed E-state index contributed by atoms with van der Waals surface area (Å²) in [6.45, 7) is 0.934. The largest absolute Gasteiger partial charge is 0.378 e. The van der Waals surface area contributed by atoms with Crippen LogP contribution in [0.4, 0.5) is 0 Å². The van der Waals surface area contributed by atoms with Crippen LogP contribution in [0.15, 0.2) is 42.5 Å². The van der Waals surface area contributed by atoms with Gasteiger partial charge in [-0.2, -0.15) is 0 Å². The molecule has 2 aromatic rings. The number of fused-ring (bicyclic) bond motifs is 1. The zero-order valence-corrected chi connectivity index (χ0v) is 11.9. The van der Waals surface area contributed by atoms with E-state index < -0.39 is 0 Å². The quantitative estimate of drug-likeness (QED) is 0.899. The number of ether oxygens (including phenoxy) is 1. The molecule has 1 aliphatic rings. The predicted molar refractivity (Wildman–Crippen MR) is 83.8 cm³/mol. The molecule has 2 heteroatoms. The van der Waals surface area contributed by atoms with Crippen molar-refractivity contribution in [2.45, 2.75) is 44.2 Å². The van der Waals surface area contributed by atoms with Gasteiger partial charge in [0.2, 0.25) is 0 Å². The molecule has 0 saturated carbocycles. The first kappa shape index (κ1) is 13.6. The van der Waals surface area contributed by atoms with Crippen LogP contribution in [0.3, 0.4) is 0 Å². The lowest BCUT2D eigenvalue weighted by molar-refractivity contribution is 0.101. The molecule has 20 heavy (non-hydrogen) atoms. The summed E-state index contributed by atoms with van der Waals surface area (Å²) >= 11 is 0. The third-order valence-corrected chi connectivity index (χ3v) is 4.25. The fraction of sp³-hybridized carbons (Fsp3) is 0.444. The molecule has 1 heterocycles. The Hall–Kier alpha value is -1.38. The van der Waals surface area contributed by atoms with Gasteiger partial charge in [-0.05, 0) is 48.4 Å². The monoisotopic (exact) mass is 269 g/mol. The highest BCUT2D eigenvalue weighted by Crippen LogP contribution is 2.22. The molecule has 0 aliphatic carbocycles. The van der Waals surface area contributed by atoms with E-state index in [-0.39, 0.29) is 6.04 Å². The molecule has 1 fully saturated rings. The summed E-state index contributed by atoms with van der Waals surface area (Å²) < 4.78 is 5.67. The maximum atomic E-state index is 6.32. The van der Waals surface area contributed by atoms with Crippen molar-refractivity contribution >= 4 is 10.8 Å². The molecular formula is C18H23NO. The SMILES string of the molecule is NC(CCC1CCCO1)Cc1cccc2ccccc12. The molecule has 2 N–H and O–H groups in total. The van der Waals surface area contributed by atoms with Crippen molar-refractivity contribution in [1.82, 2.24) is 0 Å². The maximum Gasteiger partial charge on any atom is 0.0576 e. The van der Waals surface area contributed by atoms with Crippen LogP contribution < -0.4 is 5.73 Å². The van der Waals surface area contributed by atoms with Crippen LogP contribution >= 0.6 is 0 Å². The highest BCUT2D eigenvalue weighted by atomic mass is 16.5. The fourth-order valence-corrected chi connectivity index (χ4v) is 3.13. The van der Waals surface area contributed by atoms with Crippen LogP contribution in [-0.4, -0.2) is 18.8 Å². The molecule has 0 spiro atoms. The van der Waals surface area contributed by atoms with Gasteiger partial charge in [-0.1, -0.05) is 42.5 Å². The van der Waals surface area contributed by atoms with Crippen LogP contribution in [0.5, 0.6) is 0 Å². The summed E-state index contributed by atoms with van der Waals surface area (Å²) in [5.41, 5.74) is 7.68. The smallest absolute Gasteiger partial charge is 0.0576 e. The Morgan fingerprint density at radius 1 is 1.15 bits per heavy atom. The molecule has 0 amide bonds. The number of hydrogen-bond donors (Lipinski definition) is 1. The minimum absolute atomic E-state index is 0.227. The van der Waals surface area contributed by atoms with E-state index in [0.29, 0.717) is 6.10 Å². The van der Waals surface area contributed by atoms with E-state index in [1.807, 2.05) is 0 Å². The van der Waals surface area contributed by atoms with Crippen LogP contribution in [0.2, 0.25) is 0 Å². The van der Waals surface area contributed by atoms with Crippen molar-refractivity contribution in [3.63, 3.8) is 0 Å². The van der Waals surface area contributed by atoms with Crippen molar-refractivity contribution in [3.05, 3.63) is 48.0 Å². The lowest BCUT2D eigenvalue weighted by Gasteiger charge is -2.16. The number of rotatable bonds is 5. The van der Waals surface area contributed by atoms with E-state index >= 15 is 0 Å². The Kier molecular flexibility index (Phi) is 4.34. The van der Waals surface area contributed by atoms with Crippen LogP contribution in [0, 0.1) is 0 Å². The Balaban J connectivity index is 1.63. The van der Waals surface area contributed by atoms with E-state index in [4.69, 9.17) is 10.5 Å². The van der Waals surface area contributed by atoms with Gasteiger partial charge in [0, 0.05) is 12.6 Å². The molecular weight excluding hydrogens is 246 g/mol. The van der Waals surface area contributed by atoms with Gasteiger partial charge >= 0.3 is 0 Å². The number of benzene rings is 2. The van der Waals surface area contributed by atoms with Crippen LogP contribution in [-0.2, 0) is 11.2 Å². The molecule has 3 rings (SSSR count). The molecule has 1 aliphatic heterocycles. The summed E-state index contributed by atoms with van der Waals surface area (Å²) in [6, 6.07) is 15.3. The molecule has 106 valence electrons. The summed E-state index contributed by atoms with van der Waals surface area (Å²) in [6.07, 6.45) is 5.98. The zero-order chi connectivity index (χ0) is 13.8. The Morgan fingerprint density at radius 2 is 2.00 bits per heavy atom. The predicted octanol–water partition coefficient (Wildman–Crippen LogP) is 3.67. The van der Waals surface area contributed by atoms with Gasteiger partial charge < -0.3 is 10.5 Å². The highest BCUT2D eigenvalue weighted by Gasteiger charge is 2.16. The molecule has 1 saturated heterocycles. The molecule has 2 atom stereocenters. The second-order valence-corrected chi connectivity index (χ2v) is 5.81. The Bertz CT molecular complexity index is 555. The fourth-order valence-electron chi connectivity index (χ4n) is 3.13. The van der Waals surface area contributed by atoms with Gasteiger partial charge in [0.1, 0.15) is 0 Å². The Morgan fingerprint density at radius 3 is 2.85 bits per heavy atom. The number of hydrogen-bond acceptors (Lipinski definition) is 2. The number of nitrogens with two attached hydrogens (primary N) is 1. The van der Waals surface area contributed by atoms with E-state index in [2.05, 4.69) is 42.5 Å². The van der Waals surface area contributed by atoms with Gasteiger partial charge in [-0.3, -0.25) is 0 Å². The summed E-state index contributed by atoms with van der Waals surface area (Å²) in [5, 5.41) is 2.64. The normalized spacial score (nSPS) is 20.4. The van der Waals surface area contributed by atoms with Crippen molar-refractivity contribution in [2.24, 2.45) is 5.73 Å². The van der Waals surface area contributed by atoms with E-state index in [1.54, 1.807) is 0 Å². The van der Waals surface area contributed by atoms with Crippen LogP contribution in [0.1, 0.15) is 31.2 Å². The minimum atomic E-state index is 0.227. The van der Waals surface area contributed by atoms with Crippen molar-refractivity contribution < 1.29 is 4.74 Å².